The number of nitrogens with zero attached hydrogens (tertiary/aromatic N) is 3. The van der Waals surface area contributed by atoms with Gasteiger partial charge in [0.15, 0.2) is 5.65 Å². The number of benzene rings is 3. The van der Waals surface area contributed by atoms with E-state index in [2.05, 4.69) is 46.9 Å². The highest BCUT2D eigenvalue weighted by Crippen LogP contribution is 2.25. The molecule has 0 fully saturated rings. The maximum atomic E-state index is 12.4. The molecule has 0 aliphatic rings. The van der Waals surface area contributed by atoms with Crippen LogP contribution < -0.4 is 16.1 Å². The Bertz CT molecular complexity index is 1550. The number of aryl methyl sites for hydroxylation is 1. The van der Waals surface area contributed by atoms with Crippen molar-refractivity contribution in [3.8, 4) is 11.3 Å². The zero-order valence-electron chi connectivity index (χ0n) is 20.1. The molecule has 0 saturated carbocycles. The van der Waals surface area contributed by atoms with Gasteiger partial charge in [0.1, 0.15) is 13.7 Å². The largest absolute Gasteiger partial charge is 0.366 e. The normalized spacial score (nSPS) is 10.9. The minimum atomic E-state index is -0.188. The van der Waals surface area contributed by atoms with Crippen molar-refractivity contribution < 1.29 is 4.79 Å². The standard InChI is InChI=1S/C28H25BClN5O/c1-18-6-2-3-7-21(18)25-14-26(35-27(34-25)23(29)17-33-35)31-15-19-10-12-20(13-11-19)16-32-28(36)22-8-4-5-9-24(22)30/h2-14,17,31H,15-16,29H2,1H3,(H,32,36). The second-order valence-electron chi connectivity index (χ2n) is 8.74. The zero-order chi connectivity index (χ0) is 25.1. The Labute approximate surface area is 215 Å². The quantitative estimate of drug-likeness (QED) is 0.334. The number of hydrogen-bond donors (Lipinski definition) is 2. The Morgan fingerprint density at radius 3 is 2.42 bits per heavy atom. The van der Waals surface area contributed by atoms with Crippen molar-refractivity contribution in [3.05, 3.63) is 112 Å². The van der Waals surface area contributed by atoms with Gasteiger partial charge in [-0.3, -0.25) is 4.79 Å². The highest BCUT2D eigenvalue weighted by atomic mass is 35.5. The first-order chi connectivity index (χ1) is 17.5. The van der Waals surface area contributed by atoms with Crippen molar-refractivity contribution in [1.29, 1.82) is 0 Å². The molecule has 1 amide bonds. The van der Waals surface area contributed by atoms with Crippen molar-refractivity contribution in [2.24, 2.45) is 0 Å². The van der Waals surface area contributed by atoms with Crippen LogP contribution in [0.4, 0.5) is 5.82 Å². The molecule has 0 spiro atoms. The molecule has 2 N–H and O–H groups in total. The van der Waals surface area contributed by atoms with Crippen LogP contribution in [0.2, 0.25) is 5.02 Å². The molecule has 0 saturated heterocycles. The van der Waals surface area contributed by atoms with E-state index in [1.165, 1.54) is 5.56 Å². The molecule has 36 heavy (non-hydrogen) atoms. The van der Waals surface area contributed by atoms with Gasteiger partial charge in [0.2, 0.25) is 0 Å². The molecule has 3 aromatic carbocycles. The van der Waals surface area contributed by atoms with Gasteiger partial charge >= 0.3 is 0 Å². The minimum absolute atomic E-state index is 0.188. The summed E-state index contributed by atoms with van der Waals surface area (Å²) in [5.74, 6) is 0.689. The van der Waals surface area contributed by atoms with E-state index < -0.39 is 0 Å². The Morgan fingerprint density at radius 1 is 0.972 bits per heavy atom. The van der Waals surface area contributed by atoms with Crippen LogP contribution in [-0.4, -0.2) is 28.4 Å². The first-order valence-corrected chi connectivity index (χ1v) is 12.1. The average Bonchev–Trinajstić information content (AvgIpc) is 3.27. The van der Waals surface area contributed by atoms with Gasteiger partial charge in [-0.1, -0.05) is 72.3 Å². The zero-order valence-corrected chi connectivity index (χ0v) is 20.9. The SMILES string of the molecule is Bc1cnn2c(NCc3ccc(CNC(=O)c4ccccc4Cl)cc3)cc(-c3ccccc3C)nc12. The third-order valence-electron chi connectivity index (χ3n) is 6.14. The van der Waals surface area contributed by atoms with E-state index in [-0.39, 0.29) is 5.91 Å². The van der Waals surface area contributed by atoms with Crippen LogP contribution in [-0.2, 0) is 13.1 Å². The van der Waals surface area contributed by atoms with Crippen molar-refractivity contribution in [3.63, 3.8) is 0 Å². The molecule has 2 heterocycles. The summed E-state index contributed by atoms with van der Waals surface area (Å²) >= 11 is 6.12. The molecule has 2 aromatic heterocycles. The molecular weight excluding hydrogens is 469 g/mol. The summed E-state index contributed by atoms with van der Waals surface area (Å²) < 4.78 is 1.84. The van der Waals surface area contributed by atoms with Crippen LogP contribution in [0.1, 0.15) is 27.0 Å². The Balaban J connectivity index is 1.29. The fourth-order valence-electron chi connectivity index (χ4n) is 4.09. The molecule has 0 radical (unpaired) electrons. The van der Waals surface area contributed by atoms with Crippen LogP contribution >= 0.6 is 11.6 Å². The summed E-state index contributed by atoms with van der Waals surface area (Å²) in [6.07, 6.45) is 1.83. The van der Waals surface area contributed by atoms with Gasteiger partial charge in [-0.2, -0.15) is 9.61 Å². The van der Waals surface area contributed by atoms with Gasteiger partial charge in [0.05, 0.1) is 16.3 Å². The summed E-state index contributed by atoms with van der Waals surface area (Å²) in [4.78, 5) is 17.3. The molecule has 0 aliphatic carbocycles. The Hall–Kier alpha value is -4.10. The first kappa shape index (κ1) is 23.6. The fourth-order valence-corrected chi connectivity index (χ4v) is 4.31. The molecule has 5 aromatic rings. The van der Waals surface area contributed by atoms with E-state index in [0.717, 1.165) is 39.3 Å². The second kappa shape index (κ2) is 10.3. The number of fused-ring (bicyclic) bond motifs is 1. The molecular formula is C28H25BClN5O. The van der Waals surface area contributed by atoms with E-state index in [1.54, 1.807) is 24.3 Å². The number of anilines is 1. The number of hydrogen-bond acceptors (Lipinski definition) is 4. The lowest BCUT2D eigenvalue weighted by Crippen LogP contribution is -2.23. The van der Waals surface area contributed by atoms with Crippen LogP contribution in [0.3, 0.4) is 0 Å². The second-order valence-corrected chi connectivity index (χ2v) is 9.14. The van der Waals surface area contributed by atoms with Crippen molar-refractivity contribution >= 4 is 42.3 Å². The monoisotopic (exact) mass is 493 g/mol. The van der Waals surface area contributed by atoms with Crippen molar-refractivity contribution in [2.75, 3.05) is 5.32 Å². The summed E-state index contributed by atoms with van der Waals surface area (Å²) in [5.41, 5.74) is 7.65. The summed E-state index contributed by atoms with van der Waals surface area (Å²) in [7, 11) is 2.02. The smallest absolute Gasteiger partial charge is 0.253 e. The van der Waals surface area contributed by atoms with Crippen LogP contribution in [0.15, 0.2) is 85.1 Å². The molecule has 178 valence electrons. The predicted octanol–water partition coefficient (Wildman–Crippen LogP) is 4.16. The van der Waals surface area contributed by atoms with E-state index in [0.29, 0.717) is 23.7 Å². The lowest BCUT2D eigenvalue weighted by molar-refractivity contribution is 0.0951. The van der Waals surface area contributed by atoms with Gasteiger partial charge in [-0.05, 0) is 41.2 Å². The minimum Gasteiger partial charge on any atom is -0.366 e. The lowest BCUT2D eigenvalue weighted by Gasteiger charge is -2.13. The molecule has 8 heteroatoms. The first-order valence-electron chi connectivity index (χ1n) is 11.8. The van der Waals surface area contributed by atoms with E-state index in [1.807, 2.05) is 48.9 Å². The van der Waals surface area contributed by atoms with E-state index in [4.69, 9.17) is 16.6 Å². The predicted molar refractivity (Wildman–Crippen MR) is 148 cm³/mol. The highest BCUT2D eigenvalue weighted by molar-refractivity contribution is 6.36. The topological polar surface area (TPSA) is 71.3 Å². The Morgan fingerprint density at radius 2 is 1.67 bits per heavy atom. The number of halogens is 1. The van der Waals surface area contributed by atoms with Crippen LogP contribution in [0.5, 0.6) is 0 Å². The van der Waals surface area contributed by atoms with Crippen LogP contribution in [0, 0.1) is 6.92 Å². The summed E-state index contributed by atoms with van der Waals surface area (Å²) in [5, 5.41) is 11.4. The van der Waals surface area contributed by atoms with Gasteiger partial charge in [-0.15, -0.1) is 0 Å². The number of nitrogens with one attached hydrogen (secondary N) is 2. The lowest BCUT2D eigenvalue weighted by atomic mass is 10.00. The number of rotatable bonds is 7. The number of aromatic nitrogens is 3. The maximum Gasteiger partial charge on any atom is 0.253 e. The van der Waals surface area contributed by atoms with Gasteiger partial charge in [0, 0.05) is 30.9 Å². The van der Waals surface area contributed by atoms with Crippen molar-refractivity contribution in [2.45, 2.75) is 20.0 Å². The number of carbonyl (C=O) groups is 1. The van der Waals surface area contributed by atoms with Gasteiger partial charge in [0.25, 0.3) is 5.91 Å². The van der Waals surface area contributed by atoms with Gasteiger partial charge in [-0.25, -0.2) is 4.98 Å². The summed E-state index contributed by atoms with van der Waals surface area (Å²) in [6, 6.07) is 25.5. The highest BCUT2D eigenvalue weighted by Gasteiger charge is 2.12. The Kier molecular flexibility index (Phi) is 6.74. The van der Waals surface area contributed by atoms with Crippen molar-refractivity contribution in [1.82, 2.24) is 19.9 Å². The molecule has 6 nitrogen and oxygen atoms in total. The number of amides is 1. The van der Waals surface area contributed by atoms with Gasteiger partial charge < -0.3 is 10.6 Å². The maximum absolute atomic E-state index is 12.4. The molecule has 5 rings (SSSR count). The van der Waals surface area contributed by atoms with E-state index in [9.17, 15) is 4.79 Å². The summed E-state index contributed by atoms with van der Waals surface area (Å²) in [6.45, 7) is 3.14. The third-order valence-corrected chi connectivity index (χ3v) is 6.47. The average molecular weight is 494 g/mol. The fraction of sp³-hybridized carbons (Fsp3) is 0.107. The molecule has 0 unspecified atom stereocenters. The third kappa shape index (κ3) is 4.97. The van der Waals surface area contributed by atoms with Crippen LogP contribution in [0.25, 0.3) is 16.9 Å². The number of carbonyl (C=O) groups excluding carboxylic acids is 1. The molecule has 0 aliphatic heterocycles. The molecule has 0 atom stereocenters. The van der Waals surface area contributed by atoms with E-state index >= 15 is 0 Å². The molecule has 0 bridgehead atoms.